The maximum absolute atomic E-state index is 13.0. The first kappa shape index (κ1) is 24.6. The Labute approximate surface area is 207 Å². The number of methoxy groups -OCH3 is 1. The number of nitrogens with zero attached hydrogens (tertiary/aromatic N) is 3. The molecule has 0 N–H and O–H groups in total. The summed E-state index contributed by atoms with van der Waals surface area (Å²) in [5.41, 5.74) is 0.771. The monoisotopic (exact) mass is 491 g/mol. The summed E-state index contributed by atoms with van der Waals surface area (Å²) in [6, 6.07) is 14.6. The van der Waals surface area contributed by atoms with Gasteiger partial charge < -0.3 is 9.47 Å². The van der Waals surface area contributed by atoms with Crippen molar-refractivity contribution < 1.29 is 9.47 Å². The fourth-order valence-corrected chi connectivity index (χ4v) is 4.70. The number of hydrogen-bond donors (Lipinski definition) is 0. The van der Waals surface area contributed by atoms with Crippen LogP contribution in [-0.2, 0) is 0 Å². The van der Waals surface area contributed by atoms with Crippen LogP contribution in [0.15, 0.2) is 58.1 Å². The summed E-state index contributed by atoms with van der Waals surface area (Å²) in [5, 5.41) is 4.29. The highest BCUT2D eigenvalue weighted by atomic mass is 32.1. The van der Waals surface area contributed by atoms with Crippen molar-refractivity contribution in [1.29, 1.82) is 0 Å². The third-order valence-corrected chi connectivity index (χ3v) is 6.63. The molecule has 0 saturated heterocycles. The Hall–Kier alpha value is -3.52. The topological polar surface area (TPSA) is 82.8 Å². The van der Waals surface area contributed by atoms with Crippen LogP contribution in [0.5, 0.6) is 11.5 Å². The highest BCUT2D eigenvalue weighted by Gasteiger charge is 2.13. The van der Waals surface area contributed by atoms with Gasteiger partial charge in [0.1, 0.15) is 0 Å². The number of hydrogen-bond acceptors (Lipinski definition) is 7. The lowest BCUT2D eigenvalue weighted by Crippen LogP contribution is -2.26. The molecule has 2 aromatic heterocycles. The maximum Gasteiger partial charge on any atom is 0.300 e. The summed E-state index contributed by atoms with van der Waals surface area (Å²) < 4.78 is 13.1. The van der Waals surface area contributed by atoms with Crippen LogP contribution in [-0.4, -0.2) is 28.3 Å². The Morgan fingerprint density at radius 2 is 1.74 bits per heavy atom. The summed E-state index contributed by atoms with van der Waals surface area (Å²) in [6.07, 6.45) is 8.94. The van der Waals surface area contributed by atoms with E-state index in [1.54, 1.807) is 25.3 Å². The molecule has 0 bridgehead atoms. The van der Waals surface area contributed by atoms with Gasteiger partial charge in [0.15, 0.2) is 17.2 Å². The first-order chi connectivity index (χ1) is 17.1. The molecule has 35 heavy (non-hydrogen) atoms. The summed E-state index contributed by atoms with van der Waals surface area (Å²) in [7, 11) is 1.60. The molecule has 2 heterocycles. The number of fused-ring (bicyclic) bond motifs is 1. The highest BCUT2D eigenvalue weighted by molar-refractivity contribution is 7.15. The van der Waals surface area contributed by atoms with E-state index in [1.807, 2.05) is 36.4 Å². The minimum atomic E-state index is -0.461. The molecule has 0 saturated carbocycles. The van der Waals surface area contributed by atoms with Crippen molar-refractivity contribution in [3.8, 4) is 22.8 Å². The summed E-state index contributed by atoms with van der Waals surface area (Å²) in [4.78, 5) is 29.8. The first-order valence-electron chi connectivity index (χ1n) is 11.9. The molecule has 4 rings (SSSR count). The molecule has 0 aliphatic carbocycles. The van der Waals surface area contributed by atoms with Crippen LogP contribution in [0.4, 0.5) is 0 Å². The molecule has 0 radical (unpaired) electrons. The van der Waals surface area contributed by atoms with Crippen molar-refractivity contribution in [3.63, 3.8) is 0 Å². The minimum Gasteiger partial charge on any atom is -0.493 e. The lowest BCUT2D eigenvalue weighted by molar-refractivity contribution is 0.284. The Kier molecular flexibility index (Phi) is 8.26. The average molecular weight is 492 g/mol. The van der Waals surface area contributed by atoms with E-state index in [0.29, 0.717) is 28.2 Å². The summed E-state index contributed by atoms with van der Waals surface area (Å²) >= 11 is 1.13. The van der Waals surface area contributed by atoms with Gasteiger partial charge in [0.2, 0.25) is 4.96 Å². The van der Waals surface area contributed by atoms with E-state index in [4.69, 9.17) is 9.47 Å². The molecule has 0 atom stereocenters. The van der Waals surface area contributed by atoms with Gasteiger partial charge in [0, 0.05) is 5.56 Å². The fraction of sp³-hybridized carbons (Fsp3) is 0.333. The Morgan fingerprint density at radius 1 is 0.971 bits per heavy atom. The van der Waals surface area contributed by atoms with Gasteiger partial charge in [-0.05, 0) is 30.2 Å². The van der Waals surface area contributed by atoms with Crippen molar-refractivity contribution in [2.75, 3.05) is 13.7 Å². The van der Waals surface area contributed by atoms with Crippen LogP contribution in [0, 0.1) is 0 Å². The molecular weight excluding hydrogens is 462 g/mol. The second-order valence-electron chi connectivity index (χ2n) is 8.27. The fourth-order valence-electron chi connectivity index (χ4n) is 3.79. The van der Waals surface area contributed by atoms with Crippen LogP contribution in [0.2, 0.25) is 0 Å². The van der Waals surface area contributed by atoms with E-state index >= 15 is 0 Å². The van der Waals surface area contributed by atoms with Crippen molar-refractivity contribution in [1.82, 2.24) is 14.6 Å². The molecule has 4 aromatic rings. The van der Waals surface area contributed by atoms with Gasteiger partial charge >= 0.3 is 5.56 Å². The maximum atomic E-state index is 13.0. The van der Waals surface area contributed by atoms with E-state index < -0.39 is 5.56 Å². The zero-order valence-corrected chi connectivity index (χ0v) is 20.8. The van der Waals surface area contributed by atoms with Crippen molar-refractivity contribution >= 4 is 22.4 Å². The third kappa shape index (κ3) is 5.95. The molecule has 0 amide bonds. The molecule has 182 valence electrons. The summed E-state index contributed by atoms with van der Waals surface area (Å²) in [5.74, 6) is 1.29. The zero-order chi connectivity index (χ0) is 24.6. The quantitative estimate of drug-likeness (QED) is 0.288. The van der Waals surface area contributed by atoms with Gasteiger partial charge in [0.25, 0.3) is 5.56 Å². The van der Waals surface area contributed by atoms with E-state index in [2.05, 4.69) is 17.0 Å². The smallest absolute Gasteiger partial charge is 0.300 e. The van der Waals surface area contributed by atoms with E-state index in [1.165, 1.54) is 30.2 Å². The summed E-state index contributed by atoms with van der Waals surface area (Å²) in [6.45, 7) is 2.85. The van der Waals surface area contributed by atoms with Gasteiger partial charge in [-0.25, -0.2) is 0 Å². The largest absolute Gasteiger partial charge is 0.493 e. The second-order valence-corrected chi connectivity index (χ2v) is 9.28. The Balaban J connectivity index is 1.55. The molecule has 0 spiro atoms. The SMILES string of the molecule is CCCCCCCCOc1ccc(/C=c2\sc3nc(=O)c(-c4ccccc4)nn3c2=O)cc1OC. The molecule has 0 aliphatic heterocycles. The van der Waals surface area contributed by atoms with Gasteiger partial charge in [-0.15, -0.1) is 0 Å². The van der Waals surface area contributed by atoms with Crippen LogP contribution >= 0.6 is 11.3 Å². The zero-order valence-electron chi connectivity index (χ0n) is 20.0. The van der Waals surface area contributed by atoms with Gasteiger partial charge in [-0.1, -0.05) is 86.8 Å². The van der Waals surface area contributed by atoms with E-state index in [0.717, 1.165) is 29.7 Å². The average Bonchev–Trinajstić information content (AvgIpc) is 3.17. The van der Waals surface area contributed by atoms with Crippen LogP contribution in [0.25, 0.3) is 22.3 Å². The van der Waals surface area contributed by atoms with Crippen molar-refractivity contribution in [3.05, 3.63) is 79.3 Å². The first-order valence-corrected chi connectivity index (χ1v) is 12.7. The van der Waals surface area contributed by atoms with Crippen molar-refractivity contribution in [2.45, 2.75) is 45.4 Å². The number of rotatable bonds is 11. The van der Waals surface area contributed by atoms with Crippen LogP contribution < -0.4 is 25.1 Å². The highest BCUT2D eigenvalue weighted by Crippen LogP contribution is 2.28. The lowest BCUT2D eigenvalue weighted by atomic mass is 10.1. The van der Waals surface area contributed by atoms with Gasteiger partial charge in [0.05, 0.1) is 18.2 Å². The molecule has 2 aromatic carbocycles. The minimum absolute atomic E-state index is 0.151. The molecular formula is C27H29N3O4S. The van der Waals surface area contributed by atoms with E-state index in [9.17, 15) is 9.59 Å². The number of benzene rings is 2. The van der Waals surface area contributed by atoms with Gasteiger partial charge in [-0.2, -0.15) is 14.6 Å². The molecule has 0 unspecified atom stereocenters. The molecule has 8 heteroatoms. The van der Waals surface area contributed by atoms with Crippen LogP contribution in [0.1, 0.15) is 51.0 Å². The van der Waals surface area contributed by atoms with E-state index in [-0.39, 0.29) is 16.2 Å². The van der Waals surface area contributed by atoms with Gasteiger partial charge in [-0.3, -0.25) is 9.59 Å². The number of thiazole rings is 1. The van der Waals surface area contributed by atoms with Crippen molar-refractivity contribution in [2.24, 2.45) is 0 Å². The molecule has 0 fully saturated rings. The normalized spacial score (nSPS) is 11.8. The Morgan fingerprint density at radius 3 is 2.51 bits per heavy atom. The number of ether oxygens (including phenoxy) is 2. The number of unbranched alkanes of at least 4 members (excludes halogenated alkanes) is 5. The molecule has 7 nitrogen and oxygen atoms in total. The predicted octanol–water partition coefficient (Wildman–Crippen LogP) is 4.47. The predicted molar refractivity (Wildman–Crippen MR) is 139 cm³/mol. The number of aromatic nitrogens is 3. The Bertz CT molecular complexity index is 1450. The van der Waals surface area contributed by atoms with Crippen LogP contribution in [0.3, 0.4) is 0 Å². The lowest BCUT2D eigenvalue weighted by Gasteiger charge is -2.11. The third-order valence-electron chi connectivity index (χ3n) is 5.67. The second kappa shape index (κ2) is 11.8. The standard InChI is InChI=1S/C27H29N3O4S/c1-3-4-5-6-7-11-16-34-21-15-14-19(17-22(21)33-2)18-23-26(32)30-27(35-23)28-25(31)24(29-30)20-12-9-8-10-13-20/h8-10,12-15,17-18H,3-7,11,16H2,1-2H3/b23-18-. The molecule has 0 aliphatic rings.